The van der Waals surface area contributed by atoms with Gasteiger partial charge in [0.2, 0.25) is 10.0 Å². The summed E-state index contributed by atoms with van der Waals surface area (Å²) >= 11 is 1.32. The second-order valence-corrected chi connectivity index (χ2v) is 8.50. The Morgan fingerprint density at radius 3 is 2.80 bits per heavy atom. The first-order chi connectivity index (χ1) is 9.51. The topological polar surface area (TPSA) is 75.6 Å². The summed E-state index contributed by atoms with van der Waals surface area (Å²) in [6, 6.07) is 1.44. The average Bonchev–Trinajstić information content (AvgIpc) is 3.01. The van der Waals surface area contributed by atoms with Gasteiger partial charge >= 0.3 is 0 Å². The SMILES string of the molecule is Cc1sc(CO)cc1S(=O)(=O)NC1CCOC1C1CC1. The maximum absolute atomic E-state index is 12.5. The molecule has 1 aliphatic heterocycles. The number of sulfonamides is 1. The minimum atomic E-state index is -3.53. The Morgan fingerprint density at radius 1 is 1.45 bits per heavy atom. The predicted molar refractivity (Wildman–Crippen MR) is 76.2 cm³/mol. The van der Waals surface area contributed by atoms with Crippen LogP contribution >= 0.6 is 11.3 Å². The molecule has 0 amide bonds. The van der Waals surface area contributed by atoms with Crippen LogP contribution in [0.2, 0.25) is 0 Å². The number of aliphatic hydroxyl groups excluding tert-OH is 1. The molecule has 2 fully saturated rings. The molecule has 3 rings (SSSR count). The number of nitrogens with one attached hydrogen (secondary N) is 1. The third-order valence-corrected chi connectivity index (χ3v) is 6.68. The van der Waals surface area contributed by atoms with Gasteiger partial charge in [0.05, 0.1) is 23.6 Å². The van der Waals surface area contributed by atoms with E-state index in [1.807, 2.05) is 0 Å². The summed E-state index contributed by atoms with van der Waals surface area (Å²) in [5, 5.41) is 9.12. The Bertz CT molecular complexity index is 592. The van der Waals surface area contributed by atoms with E-state index in [1.54, 1.807) is 13.0 Å². The molecule has 2 atom stereocenters. The molecule has 1 aliphatic carbocycles. The first-order valence-electron chi connectivity index (χ1n) is 6.85. The second kappa shape index (κ2) is 5.38. The zero-order valence-electron chi connectivity index (χ0n) is 11.3. The van der Waals surface area contributed by atoms with Gasteiger partial charge in [0.15, 0.2) is 0 Å². The smallest absolute Gasteiger partial charge is 0.242 e. The zero-order valence-corrected chi connectivity index (χ0v) is 13.0. The lowest BCUT2D eigenvalue weighted by Crippen LogP contribution is -2.41. The largest absolute Gasteiger partial charge is 0.391 e. The van der Waals surface area contributed by atoms with E-state index in [2.05, 4.69) is 4.72 Å². The summed E-state index contributed by atoms with van der Waals surface area (Å²) in [5.74, 6) is 0.516. The van der Waals surface area contributed by atoms with Crippen molar-refractivity contribution in [2.75, 3.05) is 6.61 Å². The molecule has 1 aromatic rings. The summed E-state index contributed by atoms with van der Waals surface area (Å²) in [6.07, 6.45) is 3.03. The highest BCUT2D eigenvalue weighted by atomic mass is 32.2. The van der Waals surface area contributed by atoms with Gasteiger partial charge in [-0.1, -0.05) is 0 Å². The van der Waals surface area contributed by atoms with Crippen molar-refractivity contribution >= 4 is 21.4 Å². The molecule has 1 saturated heterocycles. The monoisotopic (exact) mass is 317 g/mol. The van der Waals surface area contributed by atoms with Crippen LogP contribution in [0, 0.1) is 12.8 Å². The van der Waals surface area contributed by atoms with Crippen LogP contribution in [0.25, 0.3) is 0 Å². The highest BCUT2D eigenvalue weighted by Crippen LogP contribution is 2.39. The number of thiophene rings is 1. The highest BCUT2D eigenvalue weighted by molar-refractivity contribution is 7.89. The van der Waals surface area contributed by atoms with Gasteiger partial charge in [-0.05, 0) is 38.2 Å². The molecule has 5 nitrogen and oxygen atoms in total. The summed E-state index contributed by atoms with van der Waals surface area (Å²) in [4.78, 5) is 1.67. The lowest BCUT2D eigenvalue weighted by molar-refractivity contribution is 0.0848. The van der Waals surface area contributed by atoms with Crippen LogP contribution in [-0.4, -0.2) is 32.3 Å². The summed E-state index contributed by atoms with van der Waals surface area (Å²) in [6.45, 7) is 2.26. The molecule has 2 heterocycles. The van der Waals surface area contributed by atoms with Crippen LogP contribution in [0.5, 0.6) is 0 Å². The summed E-state index contributed by atoms with van der Waals surface area (Å²) < 4.78 is 33.4. The van der Waals surface area contributed by atoms with Crippen molar-refractivity contribution in [3.63, 3.8) is 0 Å². The Kier molecular flexibility index (Phi) is 3.89. The molecule has 0 bridgehead atoms. The maximum atomic E-state index is 12.5. The van der Waals surface area contributed by atoms with Crippen LogP contribution < -0.4 is 4.72 Å². The second-order valence-electron chi connectivity index (χ2n) is 5.48. The molecule has 2 N–H and O–H groups in total. The molecule has 20 heavy (non-hydrogen) atoms. The maximum Gasteiger partial charge on any atom is 0.242 e. The molecule has 1 saturated carbocycles. The van der Waals surface area contributed by atoms with Crippen molar-refractivity contribution in [1.82, 2.24) is 4.72 Å². The molecule has 0 spiro atoms. The summed E-state index contributed by atoms with van der Waals surface area (Å²) in [7, 11) is -3.53. The van der Waals surface area contributed by atoms with E-state index in [-0.39, 0.29) is 23.6 Å². The number of hydrogen-bond acceptors (Lipinski definition) is 5. The van der Waals surface area contributed by atoms with E-state index in [0.717, 1.165) is 19.3 Å². The number of aryl methyl sites for hydroxylation is 1. The van der Waals surface area contributed by atoms with E-state index in [1.165, 1.54) is 11.3 Å². The summed E-state index contributed by atoms with van der Waals surface area (Å²) in [5.41, 5.74) is 0. The first kappa shape index (κ1) is 14.5. The molecule has 112 valence electrons. The Labute approximate surface area is 123 Å². The highest BCUT2D eigenvalue weighted by Gasteiger charge is 2.42. The van der Waals surface area contributed by atoms with Crippen LogP contribution in [0.1, 0.15) is 29.0 Å². The molecule has 2 unspecified atom stereocenters. The van der Waals surface area contributed by atoms with Gasteiger partial charge in [-0.2, -0.15) is 0 Å². The van der Waals surface area contributed by atoms with E-state index >= 15 is 0 Å². The normalized spacial score (nSPS) is 27.1. The quantitative estimate of drug-likeness (QED) is 0.860. The molecular formula is C13H19NO4S2. The molecule has 2 aliphatic rings. The van der Waals surface area contributed by atoms with Gasteiger partial charge in [0.25, 0.3) is 0 Å². The van der Waals surface area contributed by atoms with Crippen molar-refractivity contribution in [3.8, 4) is 0 Å². The van der Waals surface area contributed by atoms with E-state index < -0.39 is 10.0 Å². The molecular weight excluding hydrogens is 298 g/mol. The average molecular weight is 317 g/mol. The van der Waals surface area contributed by atoms with Gasteiger partial charge in [0, 0.05) is 16.4 Å². The Hall–Kier alpha value is -0.470. The van der Waals surface area contributed by atoms with E-state index in [4.69, 9.17) is 9.84 Å². The van der Waals surface area contributed by atoms with Crippen molar-refractivity contribution in [1.29, 1.82) is 0 Å². The van der Waals surface area contributed by atoms with Crippen molar-refractivity contribution in [3.05, 3.63) is 15.8 Å². The lowest BCUT2D eigenvalue weighted by Gasteiger charge is -2.19. The fourth-order valence-electron chi connectivity index (χ4n) is 2.76. The molecule has 0 radical (unpaired) electrons. The van der Waals surface area contributed by atoms with Gasteiger partial charge in [-0.15, -0.1) is 11.3 Å². The Morgan fingerprint density at radius 2 is 2.20 bits per heavy atom. The van der Waals surface area contributed by atoms with E-state index in [0.29, 0.717) is 22.3 Å². The minimum absolute atomic E-state index is 0.0287. The lowest BCUT2D eigenvalue weighted by atomic mass is 10.1. The number of aliphatic hydroxyl groups is 1. The van der Waals surface area contributed by atoms with Gasteiger partial charge in [-0.3, -0.25) is 0 Å². The number of ether oxygens (including phenoxy) is 1. The third kappa shape index (κ3) is 2.78. The van der Waals surface area contributed by atoms with Crippen LogP contribution in [-0.2, 0) is 21.4 Å². The van der Waals surface area contributed by atoms with Gasteiger partial charge in [0.1, 0.15) is 0 Å². The molecule has 0 aromatic carbocycles. The zero-order chi connectivity index (χ0) is 14.3. The third-order valence-electron chi connectivity index (χ3n) is 3.90. The van der Waals surface area contributed by atoms with Crippen molar-refractivity contribution < 1.29 is 18.3 Å². The minimum Gasteiger partial charge on any atom is -0.391 e. The van der Waals surface area contributed by atoms with Crippen LogP contribution in [0.4, 0.5) is 0 Å². The van der Waals surface area contributed by atoms with Crippen LogP contribution in [0.15, 0.2) is 11.0 Å². The Balaban J connectivity index is 1.79. The fourth-order valence-corrected chi connectivity index (χ4v) is 5.53. The van der Waals surface area contributed by atoms with Crippen molar-refractivity contribution in [2.24, 2.45) is 5.92 Å². The fraction of sp³-hybridized carbons (Fsp3) is 0.692. The van der Waals surface area contributed by atoms with Gasteiger partial charge in [-0.25, -0.2) is 13.1 Å². The first-order valence-corrected chi connectivity index (χ1v) is 9.15. The molecule has 1 aromatic heterocycles. The van der Waals surface area contributed by atoms with Crippen LogP contribution in [0.3, 0.4) is 0 Å². The standard InChI is InChI=1S/C13H19NO4S2/c1-8-12(6-10(7-15)19-8)20(16,17)14-11-4-5-18-13(11)9-2-3-9/h6,9,11,13-15H,2-5,7H2,1H3. The number of hydrogen-bond donors (Lipinski definition) is 2. The predicted octanol–water partition coefficient (Wildman–Crippen LogP) is 1.39. The number of rotatable bonds is 5. The van der Waals surface area contributed by atoms with Gasteiger partial charge < -0.3 is 9.84 Å². The molecule has 7 heteroatoms. The van der Waals surface area contributed by atoms with E-state index in [9.17, 15) is 8.42 Å². The van der Waals surface area contributed by atoms with Crippen molar-refractivity contribution in [2.45, 2.75) is 49.8 Å².